The molecule has 0 spiro atoms. The Hall–Kier alpha value is -2.22. The lowest BCUT2D eigenvalue weighted by molar-refractivity contribution is 0.557. The zero-order chi connectivity index (χ0) is 14.9. The third-order valence-electron chi connectivity index (χ3n) is 2.62. The highest BCUT2D eigenvalue weighted by Gasteiger charge is 2.23. The van der Waals surface area contributed by atoms with Crippen LogP contribution in [0.2, 0.25) is 0 Å². The Morgan fingerprint density at radius 2 is 1.95 bits per heavy atom. The summed E-state index contributed by atoms with van der Waals surface area (Å²) >= 11 is 0. The van der Waals surface area contributed by atoms with Gasteiger partial charge in [-0.25, -0.2) is 22.2 Å². The van der Waals surface area contributed by atoms with Crippen LogP contribution >= 0.6 is 0 Å². The molecule has 0 atom stereocenters. The Morgan fingerprint density at radius 1 is 1.25 bits per heavy atom. The van der Waals surface area contributed by atoms with Crippen molar-refractivity contribution in [2.24, 2.45) is 0 Å². The van der Waals surface area contributed by atoms with Gasteiger partial charge in [-0.1, -0.05) is 6.07 Å². The molecule has 0 unspecified atom stereocenters. The molecule has 0 saturated heterocycles. The number of hydrogen-bond acceptors (Lipinski definition) is 4. The Kier molecular flexibility index (Phi) is 3.58. The molecule has 0 radical (unpaired) electrons. The number of anilines is 2. The normalized spacial score (nSPS) is 11.3. The first-order valence-electron chi connectivity index (χ1n) is 5.51. The van der Waals surface area contributed by atoms with Gasteiger partial charge in [0.15, 0.2) is 5.82 Å². The minimum atomic E-state index is -4.24. The van der Waals surface area contributed by atoms with Crippen molar-refractivity contribution in [2.75, 3.05) is 10.5 Å². The van der Waals surface area contributed by atoms with E-state index in [4.69, 9.17) is 5.73 Å². The molecular formula is C12H11F2N3O2S. The Labute approximate surface area is 114 Å². The van der Waals surface area contributed by atoms with Crippen LogP contribution in [0, 0.1) is 18.6 Å². The predicted molar refractivity (Wildman–Crippen MR) is 70.6 cm³/mol. The number of hydrogen-bond donors (Lipinski definition) is 2. The maximum absolute atomic E-state index is 13.8. The second kappa shape index (κ2) is 5.04. The Morgan fingerprint density at radius 3 is 2.60 bits per heavy atom. The maximum atomic E-state index is 13.8. The number of aryl methyl sites for hydroxylation is 1. The molecule has 0 bridgehead atoms. The molecule has 2 rings (SSSR count). The highest BCUT2D eigenvalue weighted by atomic mass is 32.2. The fraction of sp³-hybridized carbons (Fsp3) is 0.0833. The minimum absolute atomic E-state index is 0.0646. The number of aromatic nitrogens is 1. The Balaban J connectivity index is 2.47. The summed E-state index contributed by atoms with van der Waals surface area (Å²) in [6.07, 6.45) is 1.39. The molecule has 5 nitrogen and oxygen atoms in total. The quantitative estimate of drug-likeness (QED) is 0.849. The first-order chi connectivity index (χ1) is 9.33. The van der Waals surface area contributed by atoms with E-state index >= 15 is 0 Å². The molecule has 1 aromatic carbocycles. The first kappa shape index (κ1) is 14.2. The van der Waals surface area contributed by atoms with Crippen LogP contribution in [0.3, 0.4) is 0 Å². The molecule has 106 valence electrons. The fourth-order valence-corrected chi connectivity index (χ4v) is 2.70. The summed E-state index contributed by atoms with van der Waals surface area (Å²) in [6.45, 7) is 1.64. The topological polar surface area (TPSA) is 85.1 Å². The number of nitrogens with zero attached hydrogens (tertiary/aromatic N) is 1. The molecule has 1 heterocycles. The van der Waals surface area contributed by atoms with Crippen LogP contribution in [0.1, 0.15) is 5.56 Å². The summed E-state index contributed by atoms with van der Waals surface area (Å²) < 4.78 is 53.1. The van der Waals surface area contributed by atoms with Crippen LogP contribution in [0.5, 0.6) is 0 Å². The smallest absolute Gasteiger partial charge is 0.266 e. The molecule has 0 aliphatic rings. The van der Waals surface area contributed by atoms with Crippen molar-refractivity contribution in [1.29, 1.82) is 0 Å². The maximum Gasteiger partial charge on any atom is 0.266 e. The van der Waals surface area contributed by atoms with Gasteiger partial charge in [-0.05, 0) is 30.7 Å². The summed E-state index contributed by atoms with van der Waals surface area (Å²) in [5.41, 5.74) is 4.86. The molecule has 3 N–H and O–H groups in total. The van der Waals surface area contributed by atoms with Gasteiger partial charge in [0.2, 0.25) is 0 Å². The van der Waals surface area contributed by atoms with Gasteiger partial charge in [-0.2, -0.15) is 0 Å². The number of benzene rings is 1. The zero-order valence-electron chi connectivity index (χ0n) is 10.4. The van der Waals surface area contributed by atoms with Crippen molar-refractivity contribution in [2.45, 2.75) is 11.8 Å². The van der Waals surface area contributed by atoms with E-state index in [2.05, 4.69) is 9.71 Å². The largest absolute Gasteiger partial charge is 0.394 e. The third-order valence-corrected chi connectivity index (χ3v) is 3.98. The zero-order valence-corrected chi connectivity index (χ0v) is 11.2. The molecule has 1 aromatic heterocycles. The molecule has 8 heteroatoms. The van der Waals surface area contributed by atoms with E-state index in [9.17, 15) is 17.2 Å². The van der Waals surface area contributed by atoms with Crippen molar-refractivity contribution < 1.29 is 17.2 Å². The lowest BCUT2D eigenvalue weighted by atomic mass is 10.3. The van der Waals surface area contributed by atoms with Crippen LogP contribution < -0.4 is 10.5 Å². The van der Waals surface area contributed by atoms with E-state index in [1.807, 2.05) is 0 Å². The summed E-state index contributed by atoms with van der Waals surface area (Å²) in [5, 5.41) is 0. The van der Waals surface area contributed by atoms with Crippen molar-refractivity contribution in [3.63, 3.8) is 0 Å². The number of nitrogen functional groups attached to an aromatic ring is 1. The van der Waals surface area contributed by atoms with E-state index < -0.39 is 32.2 Å². The van der Waals surface area contributed by atoms with Gasteiger partial charge < -0.3 is 5.73 Å². The van der Waals surface area contributed by atoms with Crippen LogP contribution in [-0.4, -0.2) is 13.4 Å². The van der Waals surface area contributed by atoms with Gasteiger partial charge in [0.25, 0.3) is 10.0 Å². The van der Waals surface area contributed by atoms with Crippen molar-refractivity contribution in [1.82, 2.24) is 4.98 Å². The predicted octanol–water partition coefficient (Wildman–Crippen LogP) is 2.05. The summed E-state index contributed by atoms with van der Waals surface area (Å²) in [7, 11) is -4.24. The summed E-state index contributed by atoms with van der Waals surface area (Å²) in [4.78, 5) is 3.11. The van der Waals surface area contributed by atoms with Gasteiger partial charge >= 0.3 is 0 Å². The average molecular weight is 299 g/mol. The molecule has 2 aromatic rings. The number of nitrogens with one attached hydrogen (secondary N) is 1. The molecule has 0 amide bonds. The van der Waals surface area contributed by atoms with Crippen LogP contribution in [0.15, 0.2) is 35.4 Å². The van der Waals surface area contributed by atoms with Crippen LogP contribution in [0.25, 0.3) is 0 Å². The number of pyridine rings is 1. The highest BCUT2D eigenvalue weighted by molar-refractivity contribution is 7.92. The van der Waals surface area contributed by atoms with E-state index in [-0.39, 0.29) is 5.82 Å². The molecule has 0 saturated carbocycles. The SMILES string of the molecule is Cc1cccnc1NS(=O)(=O)c1ccc(F)c(N)c1F. The van der Waals surface area contributed by atoms with Gasteiger partial charge in [-0.3, -0.25) is 4.72 Å². The fourth-order valence-electron chi connectivity index (χ4n) is 1.53. The van der Waals surface area contributed by atoms with Gasteiger partial charge in [0.1, 0.15) is 22.2 Å². The number of sulfonamides is 1. The summed E-state index contributed by atoms with van der Waals surface area (Å²) in [6, 6.07) is 4.86. The van der Waals surface area contributed by atoms with Crippen molar-refractivity contribution in [3.05, 3.63) is 47.7 Å². The standard InChI is InChI=1S/C12H11F2N3O2S/c1-7-3-2-6-16-12(7)17-20(18,19)9-5-4-8(13)11(15)10(9)14/h2-6H,15H2,1H3,(H,16,17). The average Bonchev–Trinajstić information content (AvgIpc) is 2.38. The van der Waals surface area contributed by atoms with Gasteiger partial charge in [0.05, 0.1) is 0 Å². The van der Waals surface area contributed by atoms with Crippen LogP contribution in [-0.2, 0) is 10.0 Å². The van der Waals surface area contributed by atoms with E-state index in [1.165, 1.54) is 6.20 Å². The molecular weight excluding hydrogens is 288 g/mol. The van der Waals surface area contributed by atoms with E-state index in [1.54, 1.807) is 19.1 Å². The third kappa shape index (κ3) is 2.55. The highest BCUT2D eigenvalue weighted by Crippen LogP contribution is 2.24. The van der Waals surface area contributed by atoms with E-state index in [0.29, 0.717) is 5.56 Å². The summed E-state index contributed by atoms with van der Waals surface area (Å²) in [5.74, 6) is -2.28. The van der Waals surface area contributed by atoms with Gasteiger partial charge in [0, 0.05) is 6.20 Å². The van der Waals surface area contributed by atoms with E-state index in [0.717, 1.165) is 12.1 Å². The second-order valence-electron chi connectivity index (χ2n) is 4.05. The van der Waals surface area contributed by atoms with Gasteiger partial charge in [-0.15, -0.1) is 0 Å². The minimum Gasteiger partial charge on any atom is -0.394 e. The number of rotatable bonds is 3. The first-order valence-corrected chi connectivity index (χ1v) is 6.99. The Bertz CT molecular complexity index is 763. The van der Waals surface area contributed by atoms with Crippen molar-refractivity contribution in [3.8, 4) is 0 Å². The molecule has 0 aliphatic heterocycles. The molecule has 0 fully saturated rings. The number of nitrogens with two attached hydrogens (primary N) is 1. The molecule has 20 heavy (non-hydrogen) atoms. The second-order valence-corrected chi connectivity index (χ2v) is 5.70. The van der Waals surface area contributed by atoms with Crippen molar-refractivity contribution >= 4 is 21.5 Å². The lowest BCUT2D eigenvalue weighted by Gasteiger charge is -2.11. The van der Waals surface area contributed by atoms with Crippen LogP contribution in [0.4, 0.5) is 20.3 Å². The monoisotopic (exact) mass is 299 g/mol. The molecule has 0 aliphatic carbocycles. The lowest BCUT2D eigenvalue weighted by Crippen LogP contribution is -2.17. The number of halogens is 2.